The number of amides is 1. The van der Waals surface area contributed by atoms with E-state index in [0.717, 1.165) is 39.7 Å². The summed E-state index contributed by atoms with van der Waals surface area (Å²) < 4.78 is 19.9. The van der Waals surface area contributed by atoms with Crippen molar-refractivity contribution in [3.63, 3.8) is 0 Å². The molecule has 1 aromatic heterocycles. The van der Waals surface area contributed by atoms with Crippen LogP contribution in [0.5, 0.6) is 5.88 Å². The maximum Gasteiger partial charge on any atom is 0.220 e. The predicted molar refractivity (Wildman–Crippen MR) is 125 cm³/mol. The van der Waals surface area contributed by atoms with E-state index in [4.69, 9.17) is 4.74 Å². The minimum Gasteiger partial charge on any atom is -0.475 e. The van der Waals surface area contributed by atoms with Crippen molar-refractivity contribution < 1.29 is 18.7 Å². The van der Waals surface area contributed by atoms with Gasteiger partial charge in [-0.2, -0.15) is 0 Å². The van der Waals surface area contributed by atoms with Crippen LogP contribution in [0.1, 0.15) is 42.4 Å². The van der Waals surface area contributed by atoms with E-state index in [1.807, 2.05) is 43.3 Å². The van der Waals surface area contributed by atoms with Gasteiger partial charge in [-0.3, -0.25) is 4.79 Å². The van der Waals surface area contributed by atoms with Crippen molar-refractivity contribution >= 4 is 18.3 Å². The number of allylic oxidation sites excluding steroid dienone is 1. The van der Waals surface area contributed by atoms with Gasteiger partial charge in [0, 0.05) is 30.5 Å². The number of ether oxygens (including phenoxy) is 1. The number of carbonyl (C=O) groups is 2. The quantitative estimate of drug-likeness (QED) is 0.376. The second kappa shape index (κ2) is 10.2. The average molecular weight is 445 g/mol. The Morgan fingerprint density at radius 1 is 1.12 bits per heavy atom. The van der Waals surface area contributed by atoms with Crippen molar-refractivity contribution in [1.82, 2.24) is 10.3 Å². The second-order valence-electron chi connectivity index (χ2n) is 7.94. The molecule has 0 fully saturated rings. The SMILES string of the molecule is CC(=Cc1cccnc1OCCNC(=O)CCC=O)C1c2ccccc2-c2ccc(F)cc21. The first-order valence-electron chi connectivity index (χ1n) is 10.9. The second-order valence-corrected chi connectivity index (χ2v) is 7.94. The summed E-state index contributed by atoms with van der Waals surface area (Å²) in [5, 5.41) is 2.72. The zero-order valence-electron chi connectivity index (χ0n) is 18.4. The lowest BCUT2D eigenvalue weighted by Crippen LogP contribution is -2.28. The van der Waals surface area contributed by atoms with Gasteiger partial charge in [-0.25, -0.2) is 9.37 Å². The maximum atomic E-state index is 14.1. The Labute approximate surface area is 192 Å². The Hall–Kier alpha value is -3.80. The molecule has 0 bridgehead atoms. The molecule has 0 saturated carbocycles. The highest BCUT2D eigenvalue weighted by molar-refractivity contribution is 5.81. The summed E-state index contributed by atoms with van der Waals surface area (Å²) in [7, 11) is 0. The number of rotatable bonds is 9. The molecule has 2 aromatic carbocycles. The third-order valence-electron chi connectivity index (χ3n) is 5.68. The zero-order valence-corrected chi connectivity index (χ0v) is 18.4. The summed E-state index contributed by atoms with van der Waals surface area (Å²) in [6.45, 7) is 2.61. The largest absolute Gasteiger partial charge is 0.475 e. The van der Waals surface area contributed by atoms with E-state index in [9.17, 15) is 14.0 Å². The van der Waals surface area contributed by atoms with Crippen molar-refractivity contribution in [1.29, 1.82) is 0 Å². The van der Waals surface area contributed by atoms with Crippen LogP contribution in [0.15, 0.2) is 66.4 Å². The van der Waals surface area contributed by atoms with Crippen LogP contribution in [0.4, 0.5) is 4.39 Å². The highest BCUT2D eigenvalue weighted by atomic mass is 19.1. The molecule has 1 amide bonds. The van der Waals surface area contributed by atoms with E-state index in [2.05, 4.69) is 22.4 Å². The van der Waals surface area contributed by atoms with E-state index in [0.29, 0.717) is 12.4 Å². The normalized spacial score (nSPS) is 14.4. The lowest BCUT2D eigenvalue weighted by atomic mass is 9.89. The number of aldehydes is 1. The molecular formula is C27H25FN2O3. The van der Waals surface area contributed by atoms with Gasteiger partial charge >= 0.3 is 0 Å². The van der Waals surface area contributed by atoms with E-state index in [-0.39, 0.29) is 37.1 Å². The minimum absolute atomic E-state index is 0.0583. The fraction of sp³-hybridized carbons (Fsp3) is 0.222. The highest BCUT2D eigenvalue weighted by Gasteiger charge is 2.30. The minimum atomic E-state index is -0.250. The van der Waals surface area contributed by atoms with Crippen LogP contribution in [-0.2, 0) is 9.59 Å². The fourth-order valence-corrected chi connectivity index (χ4v) is 4.25. The first-order valence-corrected chi connectivity index (χ1v) is 10.9. The Balaban J connectivity index is 1.54. The van der Waals surface area contributed by atoms with Gasteiger partial charge in [-0.05, 0) is 59.5 Å². The summed E-state index contributed by atoms with van der Waals surface area (Å²) in [6.07, 6.45) is 4.77. The predicted octanol–water partition coefficient (Wildman–Crippen LogP) is 4.91. The van der Waals surface area contributed by atoms with E-state index in [1.54, 1.807) is 12.3 Å². The van der Waals surface area contributed by atoms with Crippen LogP contribution in [-0.4, -0.2) is 30.3 Å². The number of aromatic nitrogens is 1. The van der Waals surface area contributed by atoms with E-state index in [1.165, 1.54) is 6.07 Å². The summed E-state index contributed by atoms with van der Waals surface area (Å²) in [4.78, 5) is 26.3. The molecule has 3 aromatic rings. The van der Waals surface area contributed by atoms with Gasteiger partial charge in [0.05, 0.1) is 6.54 Å². The summed E-state index contributed by atoms with van der Waals surface area (Å²) in [5.74, 6) is -0.0322. The van der Waals surface area contributed by atoms with Gasteiger partial charge in [0.1, 0.15) is 18.7 Å². The maximum absolute atomic E-state index is 14.1. The van der Waals surface area contributed by atoms with Gasteiger partial charge < -0.3 is 14.8 Å². The standard InChI is InChI=1S/C27H25FN2O3/c1-18(26-23-8-3-2-7-21(23)22-11-10-20(28)17-24(22)26)16-19-6-4-12-30-27(19)33-15-13-29-25(32)9-5-14-31/h2-4,6-8,10-12,14,16-17,26H,5,9,13,15H2,1H3,(H,29,32). The number of halogens is 1. The smallest absolute Gasteiger partial charge is 0.220 e. The molecule has 6 heteroatoms. The van der Waals surface area contributed by atoms with Crippen LogP contribution in [0.3, 0.4) is 0 Å². The highest BCUT2D eigenvalue weighted by Crippen LogP contribution is 2.48. The van der Waals surface area contributed by atoms with Crippen molar-refractivity contribution in [2.24, 2.45) is 0 Å². The molecule has 0 spiro atoms. The van der Waals surface area contributed by atoms with Crippen LogP contribution < -0.4 is 10.1 Å². The van der Waals surface area contributed by atoms with Gasteiger partial charge in [0.15, 0.2) is 0 Å². The monoisotopic (exact) mass is 444 g/mol. The number of hydrogen-bond donors (Lipinski definition) is 1. The lowest BCUT2D eigenvalue weighted by molar-refractivity contribution is -0.122. The number of benzene rings is 2. The Morgan fingerprint density at radius 2 is 1.94 bits per heavy atom. The molecule has 1 unspecified atom stereocenters. The topological polar surface area (TPSA) is 68.3 Å². The summed E-state index contributed by atoms with van der Waals surface area (Å²) in [5.41, 5.74) is 6.14. The number of carbonyl (C=O) groups excluding carboxylic acids is 2. The number of fused-ring (bicyclic) bond motifs is 3. The van der Waals surface area contributed by atoms with Gasteiger partial charge in [-0.15, -0.1) is 0 Å². The van der Waals surface area contributed by atoms with Crippen LogP contribution >= 0.6 is 0 Å². The zero-order chi connectivity index (χ0) is 23.2. The fourth-order valence-electron chi connectivity index (χ4n) is 4.25. The van der Waals surface area contributed by atoms with Crippen molar-refractivity contribution in [2.45, 2.75) is 25.7 Å². The van der Waals surface area contributed by atoms with E-state index < -0.39 is 0 Å². The molecule has 5 nitrogen and oxygen atoms in total. The molecule has 1 heterocycles. The van der Waals surface area contributed by atoms with Gasteiger partial charge in [0.25, 0.3) is 0 Å². The van der Waals surface area contributed by atoms with Crippen molar-refractivity contribution in [3.8, 4) is 17.0 Å². The number of nitrogens with zero attached hydrogens (tertiary/aromatic N) is 1. The third kappa shape index (κ3) is 5.00. The molecule has 0 saturated heterocycles. The van der Waals surface area contributed by atoms with Crippen LogP contribution in [0.25, 0.3) is 17.2 Å². The van der Waals surface area contributed by atoms with E-state index >= 15 is 0 Å². The van der Waals surface area contributed by atoms with Crippen molar-refractivity contribution in [2.75, 3.05) is 13.2 Å². The number of hydrogen-bond acceptors (Lipinski definition) is 4. The third-order valence-corrected chi connectivity index (χ3v) is 5.68. The Bertz CT molecular complexity index is 1210. The molecule has 1 aliphatic carbocycles. The van der Waals surface area contributed by atoms with Gasteiger partial charge in [0.2, 0.25) is 11.8 Å². The van der Waals surface area contributed by atoms with Crippen LogP contribution in [0, 0.1) is 5.82 Å². The number of pyridine rings is 1. The number of nitrogens with one attached hydrogen (secondary N) is 1. The van der Waals surface area contributed by atoms with Gasteiger partial charge in [-0.1, -0.05) is 35.9 Å². The molecule has 1 aliphatic rings. The molecular weight excluding hydrogens is 419 g/mol. The molecule has 0 aliphatic heterocycles. The van der Waals surface area contributed by atoms with Crippen LogP contribution in [0.2, 0.25) is 0 Å². The molecule has 1 N–H and O–H groups in total. The Morgan fingerprint density at radius 3 is 2.79 bits per heavy atom. The molecule has 4 rings (SSSR count). The average Bonchev–Trinajstić information content (AvgIpc) is 3.14. The Kier molecular flexibility index (Phi) is 6.93. The summed E-state index contributed by atoms with van der Waals surface area (Å²) in [6, 6.07) is 16.9. The first kappa shape index (κ1) is 22.4. The molecule has 0 radical (unpaired) electrons. The molecule has 1 atom stereocenters. The first-order chi connectivity index (χ1) is 16.1. The molecule has 33 heavy (non-hydrogen) atoms. The lowest BCUT2D eigenvalue weighted by Gasteiger charge is -2.16. The molecule has 168 valence electrons. The summed E-state index contributed by atoms with van der Waals surface area (Å²) >= 11 is 0. The van der Waals surface area contributed by atoms with Crippen molar-refractivity contribution in [3.05, 3.63) is 88.9 Å².